The Morgan fingerprint density at radius 1 is 0.623 bits per heavy atom. The number of aromatic nitrogens is 4. The van der Waals surface area contributed by atoms with Crippen molar-refractivity contribution < 1.29 is 4.57 Å². The van der Waals surface area contributed by atoms with Crippen LogP contribution in [0.25, 0.3) is 55.5 Å². The van der Waals surface area contributed by atoms with Gasteiger partial charge in [-0.15, -0.1) is 0 Å². The van der Waals surface area contributed by atoms with E-state index in [1.165, 1.54) is 71.2 Å². The van der Waals surface area contributed by atoms with E-state index in [9.17, 15) is 0 Å². The van der Waals surface area contributed by atoms with Crippen molar-refractivity contribution in [2.45, 2.75) is 78.9 Å². The summed E-state index contributed by atoms with van der Waals surface area (Å²) < 4.78 is 7.14. The van der Waals surface area contributed by atoms with Crippen molar-refractivity contribution in [3.63, 3.8) is 0 Å². The number of nitrogens with zero attached hydrogens (tertiary/aromatic N) is 4. The van der Waals surface area contributed by atoms with Crippen molar-refractivity contribution >= 4 is 51.3 Å². The molecule has 5 aromatic carbocycles. The summed E-state index contributed by atoms with van der Waals surface area (Å²) in [4.78, 5) is 5.07. The summed E-state index contributed by atoms with van der Waals surface area (Å²) in [6.45, 7) is 21.0. The molecular formula is C48H51N4Si+. The third kappa shape index (κ3) is 5.92. The molecule has 0 N–H and O–H groups in total. The third-order valence-electron chi connectivity index (χ3n) is 11.2. The smallest absolute Gasteiger partial charge is 0.250 e. The molecule has 0 aliphatic rings. The molecule has 53 heavy (non-hydrogen) atoms. The molecule has 0 aliphatic heterocycles. The van der Waals surface area contributed by atoms with Gasteiger partial charge in [-0.3, -0.25) is 4.57 Å². The van der Waals surface area contributed by atoms with E-state index in [1.807, 2.05) is 6.20 Å². The largest absolute Gasteiger partial charge is 0.294 e. The summed E-state index contributed by atoms with van der Waals surface area (Å²) in [6, 6.07) is 45.3. The van der Waals surface area contributed by atoms with Crippen LogP contribution in [0.4, 0.5) is 0 Å². The molecule has 3 aromatic heterocycles. The molecule has 8 aromatic rings. The second-order valence-electron chi connectivity index (χ2n) is 16.8. The molecule has 266 valence electrons. The number of imidazole rings is 1. The number of benzene rings is 5. The predicted molar refractivity (Wildman–Crippen MR) is 227 cm³/mol. The van der Waals surface area contributed by atoms with Crippen LogP contribution in [0.15, 0.2) is 134 Å². The van der Waals surface area contributed by atoms with E-state index in [1.54, 1.807) is 0 Å². The first-order chi connectivity index (χ1) is 25.3. The third-order valence-corrected chi connectivity index (χ3v) is 14.7. The van der Waals surface area contributed by atoms with E-state index in [4.69, 9.17) is 4.98 Å². The van der Waals surface area contributed by atoms with Crippen molar-refractivity contribution in [2.24, 2.45) is 0 Å². The van der Waals surface area contributed by atoms with Gasteiger partial charge in [-0.25, -0.2) is 9.55 Å². The Kier molecular flexibility index (Phi) is 8.53. The van der Waals surface area contributed by atoms with Gasteiger partial charge in [-0.2, -0.15) is 4.57 Å². The van der Waals surface area contributed by atoms with Crippen molar-refractivity contribution in [1.82, 2.24) is 14.1 Å². The van der Waals surface area contributed by atoms with Gasteiger partial charge in [0, 0.05) is 17.0 Å². The Hall–Kier alpha value is -5.26. The van der Waals surface area contributed by atoms with Crippen molar-refractivity contribution in [1.29, 1.82) is 0 Å². The van der Waals surface area contributed by atoms with Crippen LogP contribution in [0.5, 0.6) is 0 Å². The van der Waals surface area contributed by atoms with Gasteiger partial charge in [0.2, 0.25) is 6.33 Å². The molecule has 0 aliphatic carbocycles. The molecule has 0 saturated heterocycles. The normalized spacial score (nSPS) is 12.6. The highest BCUT2D eigenvalue weighted by Gasteiger charge is 2.30. The van der Waals surface area contributed by atoms with E-state index in [0.29, 0.717) is 11.8 Å². The first kappa shape index (κ1) is 34.8. The SMILES string of the molecule is CC(C)c1cccc(C(C)C)c1-c1ccnc(-n2c3ccccc3c3ccc([Si](C)(C)c4cccc(-n5c[n+](C(C)(C)C)c6ccccc65)c4)cc32)c1. The van der Waals surface area contributed by atoms with Gasteiger partial charge in [0.25, 0.3) is 0 Å². The predicted octanol–water partition coefficient (Wildman–Crippen LogP) is 10.9. The first-order valence-corrected chi connectivity index (χ1v) is 22.1. The molecule has 0 saturated carbocycles. The lowest BCUT2D eigenvalue weighted by molar-refractivity contribution is -0.731. The molecule has 0 unspecified atom stereocenters. The van der Waals surface area contributed by atoms with Crippen LogP contribution < -0.4 is 14.9 Å². The Balaban J connectivity index is 1.28. The van der Waals surface area contributed by atoms with Crippen LogP contribution in [0.3, 0.4) is 0 Å². The molecule has 0 amide bonds. The molecule has 0 radical (unpaired) electrons. The van der Waals surface area contributed by atoms with E-state index < -0.39 is 8.07 Å². The molecule has 8 rings (SSSR count). The number of rotatable bonds is 7. The van der Waals surface area contributed by atoms with E-state index in [0.717, 1.165) is 5.82 Å². The summed E-state index contributed by atoms with van der Waals surface area (Å²) in [7, 11) is -2.16. The maximum atomic E-state index is 5.07. The van der Waals surface area contributed by atoms with Gasteiger partial charge < -0.3 is 0 Å². The number of hydrogen-bond acceptors (Lipinski definition) is 1. The highest BCUT2D eigenvalue weighted by Crippen LogP contribution is 2.38. The van der Waals surface area contributed by atoms with Crippen LogP contribution in [0.2, 0.25) is 13.1 Å². The summed E-state index contributed by atoms with van der Waals surface area (Å²) in [5.41, 5.74) is 11.3. The Bertz CT molecular complexity index is 2620. The van der Waals surface area contributed by atoms with Crippen LogP contribution in [0.1, 0.15) is 71.4 Å². The average molecular weight is 712 g/mol. The number of hydrogen-bond donors (Lipinski definition) is 0. The second kappa shape index (κ2) is 13.0. The zero-order valence-corrected chi connectivity index (χ0v) is 33.6. The first-order valence-electron chi connectivity index (χ1n) is 19.1. The van der Waals surface area contributed by atoms with Crippen molar-refractivity contribution in [3.8, 4) is 22.6 Å². The summed E-state index contributed by atoms with van der Waals surface area (Å²) in [5, 5.41) is 5.31. The van der Waals surface area contributed by atoms with E-state index in [-0.39, 0.29) is 5.54 Å². The van der Waals surface area contributed by atoms with Crippen molar-refractivity contribution in [2.75, 3.05) is 0 Å². The fraction of sp³-hybridized carbons (Fsp3) is 0.250. The number of pyridine rings is 1. The van der Waals surface area contributed by atoms with Gasteiger partial charge in [0.05, 0.1) is 11.0 Å². The minimum Gasteiger partial charge on any atom is -0.294 e. The molecule has 0 spiro atoms. The fourth-order valence-corrected chi connectivity index (χ4v) is 10.6. The molecule has 5 heteroatoms. The fourth-order valence-electron chi connectivity index (χ4n) is 8.25. The molecule has 0 atom stereocenters. The van der Waals surface area contributed by atoms with Crippen LogP contribution in [-0.4, -0.2) is 22.2 Å². The van der Waals surface area contributed by atoms with Gasteiger partial charge in [0.1, 0.15) is 25.1 Å². The molecule has 0 fully saturated rings. The molecule has 0 bridgehead atoms. The minimum absolute atomic E-state index is 0.0345. The zero-order valence-electron chi connectivity index (χ0n) is 32.6. The van der Waals surface area contributed by atoms with Crippen molar-refractivity contribution in [3.05, 3.63) is 145 Å². The summed E-state index contributed by atoms with van der Waals surface area (Å²) in [5.74, 6) is 1.78. The lowest BCUT2D eigenvalue weighted by Gasteiger charge is -2.24. The van der Waals surface area contributed by atoms with Gasteiger partial charge in [-0.1, -0.05) is 124 Å². The van der Waals surface area contributed by atoms with Gasteiger partial charge in [-0.05, 0) is 103 Å². The Morgan fingerprint density at radius 2 is 1.26 bits per heavy atom. The Labute approximate surface area is 315 Å². The minimum atomic E-state index is -2.16. The highest BCUT2D eigenvalue weighted by atomic mass is 28.3. The summed E-state index contributed by atoms with van der Waals surface area (Å²) in [6.07, 6.45) is 4.27. The maximum absolute atomic E-state index is 5.07. The number of para-hydroxylation sites is 3. The maximum Gasteiger partial charge on any atom is 0.250 e. The van der Waals surface area contributed by atoms with Crippen LogP contribution in [0, 0.1) is 0 Å². The van der Waals surface area contributed by atoms with Gasteiger partial charge >= 0.3 is 0 Å². The molecular weight excluding hydrogens is 661 g/mol. The lowest BCUT2D eigenvalue weighted by Crippen LogP contribution is -2.53. The van der Waals surface area contributed by atoms with E-state index >= 15 is 0 Å². The summed E-state index contributed by atoms with van der Waals surface area (Å²) >= 11 is 0. The highest BCUT2D eigenvalue weighted by molar-refractivity contribution is 7.00. The monoisotopic (exact) mass is 711 g/mol. The van der Waals surface area contributed by atoms with Crippen LogP contribution >= 0.6 is 0 Å². The number of fused-ring (bicyclic) bond motifs is 4. The van der Waals surface area contributed by atoms with Crippen LogP contribution in [-0.2, 0) is 5.54 Å². The standard InChI is InChI=1S/C48H51N4Si/c1-32(2)38-19-15-20-39(33(3)4)47(38)34-26-27-49-46(28-34)52-42-21-11-10-18-40(42)41-25-24-37(30-45(41)52)53(8,9)36-17-14-16-35(29-36)50-31-51(48(5,6)7)44-23-13-12-22-43(44)50/h10-33H,1-9H3/q+1. The second-order valence-corrected chi connectivity index (χ2v) is 21.2. The zero-order chi connectivity index (χ0) is 37.2. The van der Waals surface area contributed by atoms with E-state index in [2.05, 4.69) is 203 Å². The topological polar surface area (TPSA) is 26.6 Å². The van der Waals surface area contributed by atoms with Gasteiger partial charge in [0.15, 0.2) is 11.0 Å². The molecule has 4 nitrogen and oxygen atoms in total. The Morgan fingerprint density at radius 3 is 1.98 bits per heavy atom. The lowest BCUT2D eigenvalue weighted by atomic mass is 9.85. The quantitative estimate of drug-likeness (QED) is 0.119. The average Bonchev–Trinajstić information content (AvgIpc) is 3.71. The molecule has 3 heterocycles.